The molecule has 4 rings (SSSR count). The maximum absolute atomic E-state index is 12.5. The normalized spacial score (nSPS) is 13.6. The first-order valence-corrected chi connectivity index (χ1v) is 16.6. The van der Waals surface area contributed by atoms with Gasteiger partial charge in [0.15, 0.2) is 5.71 Å². The Labute approximate surface area is 247 Å². The summed E-state index contributed by atoms with van der Waals surface area (Å²) in [5.74, 6) is 5.05. The van der Waals surface area contributed by atoms with Crippen LogP contribution >= 0.6 is 0 Å². The molecule has 0 heterocycles. The van der Waals surface area contributed by atoms with E-state index >= 15 is 0 Å². The average molecular weight is 611 g/mol. The summed E-state index contributed by atoms with van der Waals surface area (Å²) in [6.07, 6.45) is 7.91. The van der Waals surface area contributed by atoms with E-state index in [1.54, 1.807) is 0 Å². The lowest BCUT2D eigenvalue weighted by Gasteiger charge is -2.22. The highest BCUT2D eigenvalue weighted by atomic mass is 32.2. The van der Waals surface area contributed by atoms with Crippen molar-refractivity contribution in [2.45, 2.75) is 37.5 Å². The van der Waals surface area contributed by atoms with E-state index in [2.05, 4.69) is 41.5 Å². The molecular weight excluding hydrogens is 574 g/mol. The zero-order chi connectivity index (χ0) is 30.7. The summed E-state index contributed by atoms with van der Waals surface area (Å²) in [5.41, 5.74) is 4.69. The number of anilines is 1. The Kier molecular flexibility index (Phi) is 9.49. The molecule has 222 valence electrons. The lowest BCUT2D eigenvalue weighted by Crippen LogP contribution is -2.21. The highest BCUT2D eigenvalue weighted by Crippen LogP contribution is 2.37. The predicted octanol–water partition coefficient (Wildman–Crippen LogP) is 4.93. The van der Waals surface area contributed by atoms with E-state index in [4.69, 9.17) is 5.90 Å². The molecule has 0 amide bonds. The van der Waals surface area contributed by atoms with Crippen molar-refractivity contribution in [1.82, 2.24) is 0 Å². The molecule has 9 nitrogen and oxygen atoms in total. The fourth-order valence-corrected chi connectivity index (χ4v) is 6.36. The van der Waals surface area contributed by atoms with Crippen LogP contribution in [-0.4, -0.2) is 57.9 Å². The molecule has 0 aliphatic heterocycles. The van der Waals surface area contributed by atoms with Crippen molar-refractivity contribution >= 4 is 48.0 Å². The van der Waals surface area contributed by atoms with Crippen molar-refractivity contribution < 1.29 is 30.2 Å². The molecule has 3 N–H and O–H groups in total. The van der Waals surface area contributed by atoms with E-state index in [1.807, 2.05) is 48.6 Å². The molecule has 1 aliphatic carbocycles. The Morgan fingerprint density at radius 3 is 1.98 bits per heavy atom. The number of nitrogens with zero attached hydrogens (tertiary/aromatic N) is 2. The number of nitrogens with two attached hydrogens (primary N) is 1. The fraction of sp³-hybridized carbons (Fsp3) is 0.258. The van der Waals surface area contributed by atoms with Crippen LogP contribution in [0.25, 0.3) is 16.3 Å². The molecule has 42 heavy (non-hydrogen) atoms. The Morgan fingerprint density at radius 1 is 0.833 bits per heavy atom. The van der Waals surface area contributed by atoms with Gasteiger partial charge in [-0.05, 0) is 109 Å². The molecule has 0 atom stereocenters. The van der Waals surface area contributed by atoms with Crippen molar-refractivity contribution in [2.24, 2.45) is 5.90 Å². The van der Waals surface area contributed by atoms with Crippen LogP contribution in [0.3, 0.4) is 0 Å². The Bertz CT molecular complexity index is 1810. The monoisotopic (exact) mass is 610 g/mol. The van der Waals surface area contributed by atoms with E-state index in [9.17, 15) is 21.4 Å². The minimum Gasteiger partial charge on any atom is -0.372 e. The van der Waals surface area contributed by atoms with Crippen LogP contribution in [0.15, 0.2) is 94.3 Å². The smallest absolute Gasteiger partial charge is 0.312 e. The Balaban J connectivity index is 2.10. The summed E-state index contributed by atoms with van der Waals surface area (Å²) in [6.45, 7) is 11.7. The third kappa shape index (κ3) is 6.40. The maximum atomic E-state index is 12.5. The number of rotatable bonds is 10. The summed E-state index contributed by atoms with van der Waals surface area (Å²) in [7, 11) is -8.85. The van der Waals surface area contributed by atoms with E-state index in [1.165, 1.54) is 30.3 Å². The maximum Gasteiger partial charge on any atom is 0.312 e. The molecule has 0 fully saturated rings. The SMILES string of the molecule is CCN(CC)c1ccc(C(=C2C=CC(=[N+](CC)CC)C=C2)c2cc(S(=O)(=O)O)cc3ccc(S(=O)(=O)ON)cc23)cc1. The first-order chi connectivity index (χ1) is 20.0. The van der Waals surface area contributed by atoms with Gasteiger partial charge in [-0.15, -0.1) is 0 Å². The molecule has 1 aliphatic rings. The van der Waals surface area contributed by atoms with Gasteiger partial charge < -0.3 is 4.90 Å². The predicted molar refractivity (Wildman–Crippen MR) is 167 cm³/mol. The second-order valence-electron chi connectivity index (χ2n) is 9.69. The van der Waals surface area contributed by atoms with Gasteiger partial charge in [-0.2, -0.15) is 27.0 Å². The molecule has 0 bridgehead atoms. The summed E-state index contributed by atoms with van der Waals surface area (Å²) in [4.78, 5) is 1.71. The first-order valence-electron chi connectivity index (χ1n) is 13.7. The standard InChI is InChI=1S/C31H35N3O6S2/c1-5-33(6-2)25-14-9-22(10-15-25)31(23-11-16-26(17-12-23)34(7-3)8-4)30-21-28(41(35,36)37)19-24-13-18-27(20-29(24)30)42(38,39)40-32/h9-21H,5-8,32H2,1-4H3/p+1. The van der Waals surface area contributed by atoms with Crippen molar-refractivity contribution in [3.63, 3.8) is 0 Å². The Hall–Kier alpha value is -3.61. The van der Waals surface area contributed by atoms with Crippen molar-refractivity contribution in [1.29, 1.82) is 0 Å². The van der Waals surface area contributed by atoms with E-state index in [0.717, 1.165) is 48.7 Å². The highest BCUT2D eigenvalue weighted by molar-refractivity contribution is 7.86. The third-order valence-electron chi connectivity index (χ3n) is 7.45. The summed E-state index contributed by atoms with van der Waals surface area (Å²) in [6, 6.07) is 14.7. The van der Waals surface area contributed by atoms with Crippen molar-refractivity contribution in [2.75, 3.05) is 31.1 Å². The van der Waals surface area contributed by atoms with Gasteiger partial charge in [-0.3, -0.25) is 4.55 Å². The molecule has 0 spiro atoms. The van der Waals surface area contributed by atoms with Crippen LogP contribution in [0.2, 0.25) is 0 Å². The molecule has 0 unspecified atom stereocenters. The lowest BCUT2D eigenvalue weighted by atomic mass is 9.88. The van der Waals surface area contributed by atoms with Gasteiger partial charge in [0.05, 0.1) is 9.79 Å². The largest absolute Gasteiger partial charge is 0.372 e. The minimum atomic E-state index is -4.60. The highest BCUT2D eigenvalue weighted by Gasteiger charge is 2.22. The first kappa shape index (κ1) is 31.3. The fourth-order valence-electron chi connectivity index (χ4n) is 5.21. The molecule has 0 saturated carbocycles. The van der Waals surface area contributed by atoms with Crippen LogP contribution in [0.4, 0.5) is 5.69 Å². The van der Waals surface area contributed by atoms with E-state index in [-0.39, 0.29) is 9.79 Å². The summed E-state index contributed by atoms with van der Waals surface area (Å²) < 4.78 is 66.3. The number of hydrogen-bond acceptors (Lipinski definition) is 7. The molecule has 11 heteroatoms. The number of benzene rings is 3. The molecule has 0 aromatic heterocycles. The van der Waals surface area contributed by atoms with Gasteiger partial charge in [0, 0.05) is 30.9 Å². The number of fused-ring (bicyclic) bond motifs is 1. The van der Waals surface area contributed by atoms with Gasteiger partial charge in [0.2, 0.25) is 0 Å². The van der Waals surface area contributed by atoms with Crippen LogP contribution in [0.1, 0.15) is 38.8 Å². The quantitative estimate of drug-likeness (QED) is 0.188. The van der Waals surface area contributed by atoms with Crippen LogP contribution < -0.4 is 10.8 Å². The summed E-state index contributed by atoms with van der Waals surface area (Å²) in [5, 5.41) is 0.851. The topological polar surface area (TPSA) is 130 Å². The molecule has 0 radical (unpaired) electrons. The molecule has 3 aromatic rings. The number of allylic oxidation sites excluding steroid dienone is 5. The Morgan fingerprint density at radius 2 is 1.45 bits per heavy atom. The van der Waals surface area contributed by atoms with Crippen LogP contribution in [0.5, 0.6) is 0 Å². The van der Waals surface area contributed by atoms with E-state index in [0.29, 0.717) is 21.9 Å². The average Bonchev–Trinajstić information content (AvgIpc) is 2.99. The minimum absolute atomic E-state index is 0.188. The zero-order valence-electron chi connectivity index (χ0n) is 24.1. The van der Waals surface area contributed by atoms with Gasteiger partial charge in [0.25, 0.3) is 10.1 Å². The number of hydrogen-bond donors (Lipinski definition) is 2. The zero-order valence-corrected chi connectivity index (χ0v) is 25.7. The molecule has 0 saturated heterocycles. The molecular formula is C31H36N3O6S2+. The van der Waals surface area contributed by atoms with Gasteiger partial charge in [0.1, 0.15) is 13.1 Å². The van der Waals surface area contributed by atoms with Gasteiger partial charge in [-0.25, -0.2) is 4.58 Å². The van der Waals surface area contributed by atoms with Crippen molar-refractivity contribution in [3.8, 4) is 0 Å². The van der Waals surface area contributed by atoms with Gasteiger partial charge in [-0.1, -0.05) is 18.2 Å². The molecule has 3 aromatic carbocycles. The third-order valence-corrected chi connectivity index (χ3v) is 9.37. The summed E-state index contributed by atoms with van der Waals surface area (Å²) >= 11 is 0. The second-order valence-corrected chi connectivity index (χ2v) is 12.7. The van der Waals surface area contributed by atoms with Gasteiger partial charge >= 0.3 is 10.1 Å². The lowest BCUT2D eigenvalue weighted by molar-refractivity contribution is -0.519. The van der Waals surface area contributed by atoms with Crippen LogP contribution in [-0.2, 0) is 24.5 Å². The van der Waals surface area contributed by atoms with Crippen LogP contribution in [0, 0.1) is 0 Å². The van der Waals surface area contributed by atoms with E-state index < -0.39 is 20.2 Å². The van der Waals surface area contributed by atoms with Crippen molar-refractivity contribution in [3.05, 3.63) is 95.6 Å². The second kappa shape index (κ2) is 12.7.